The summed E-state index contributed by atoms with van der Waals surface area (Å²) in [5.41, 5.74) is 2.24. The topological polar surface area (TPSA) is 67.9 Å². The number of anilines is 1. The van der Waals surface area contributed by atoms with Gasteiger partial charge in [0, 0.05) is 24.3 Å². The normalized spacial score (nSPS) is 15.1. The number of hydrogen-bond acceptors (Lipinski definition) is 4. The molecule has 0 radical (unpaired) electrons. The molecule has 0 bridgehead atoms. The van der Waals surface area contributed by atoms with Gasteiger partial charge in [-0.1, -0.05) is 23.8 Å². The maximum atomic E-state index is 12.6. The SMILES string of the molecule is Cc1ccc(OC(C)C(=O)Nc2cccc(C(=O)N3CCOCC3)c2)cc1. The monoisotopic (exact) mass is 368 g/mol. The molecule has 1 atom stereocenters. The summed E-state index contributed by atoms with van der Waals surface area (Å²) in [5, 5.41) is 2.81. The summed E-state index contributed by atoms with van der Waals surface area (Å²) in [4.78, 5) is 26.7. The van der Waals surface area contributed by atoms with Gasteiger partial charge in [0.2, 0.25) is 0 Å². The first-order chi connectivity index (χ1) is 13.0. The Kier molecular flexibility index (Phi) is 6.08. The van der Waals surface area contributed by atoms with Gasteiger partial charge in [0.25, 0.3) is 11.8 Å². The van der Waals surface area contributed by atoms with Crippen molar-refractivity contribution in [2.45, 2.75) is 20.0 Å². The summed E-state index contributed by atoms with van der Waals surface area (Å²) < 4.78 is 11.0. The Morgan fingerprint density at radius 2 is 1.81 bits per heavy atom. The van der Waals surface area contributed by atoms with Gasteiger partial charge < -0.3 is 19.7 Å². The number of ether oxygens (including phenoxy) is 2. The van der Waals surface area contributed by atoms with Crippen LogP contribution in [0.25, 0.3) is 0 Å². The number of carbonyl (C=O) groups excluding carboxylic acids is 2. The van der Waals surface area contributed by atoms with Crippen LogP contribution in [0.4, 0.5) is 5.69 Å². The number of benzene rings is 2. The van der Waals surface area contributed by atoms with E-state index in [1.165, 1.54) is 0 Å². The van der Waals surface area contributed by atoms with E-state index in [0.29, 0.717) is 43.3 Å². The van der Waals surface area contributed by atoms with Gasteiger partial charge in [0.1, 0.15) is 5.75 Å². The molecular weight excluding hydrogens is 344 g/mol. The van der Waals surface area contributed by atoms with Crippen molar-refractivity contribution in [3.05, 3.63) is 59.7 Å². The quantitative estimate of drug-likeness (QED) is 0.881. The van der Waals surface area contributed by atoms with Crippen LogP contribution in [0.1, 0.15) is 22.8 Å². The Balaban J connectivity index is 1.61. The number of morpholine rings is 1. The third-order valence-electron chi connectivity index (χ3n) is 4.38. The zero-order valence-electron chi connectivity index (χ0n) is 15.6. The van der Waals surface area contributed by atoms with Crippen molar-refractivity contribution in [3.8, 4) is 5.75 Å². The molecule has 3 rings (SSSR count). The molecule has 1 heterocycles. The van der Waals surface area contributed by atoms with E-state index in [2.05, 4.69) is 5.32 Å². The molecule has 0 aliphatic carbocycles. The first-order valence-electron chi connectivity index (χ1n) is 9.04. The molecule has 1 fully saturated rings. The van der Waals surface area contributed by atoms with Gasteiger partial charge in [-0.3, -0.25) is 9.59 Å². The molecule has 6 nitrogen and oxygen atoms in total. The van der Waals surface area contributed by atoms with Gasteiger partial charge in [0.15, 0.2) is 6.10 Å². The van der Waals surface area contributed by atoms with Crippen molar-refractivity contribution in [2.24, 2.45) is 0 Å². The molecule has 6 heteroatoms. The molecule has 1 aliphatic heterocycles. The van der Waals surface area contributed by atoms with Crippen LogP contribution in [0, 0.1) is 6.92 Å². The first-order valence-corrected chi connectivity index (χ1v) is 9.04. The molecule has 1 aliphatic rings. The van der Waals surface area contributed by atoms with E-state index in [0.717, 1.165) is 5.56 Å². The standard InChI is InChI=1S/C21H24N2O4/c1-15-6-8-19(9-7-15)27-16(2)20(24)22-18-5-3-4-17(14-18)21(25)23-10-12-26-13-11-23/h3-9,14,16H,10-13H2,1-2H3,(H,22,24). The largest absolute Gasteiger partial charge is 0.481 e. The zero-order valence-corrected chi connectivity index (χ0v) is 15.6. The second-order valence-corrected chi connectivity index (χ2v) is 6.55. The van der Waals surface area contributed by atoms with Crippen LogP contribution >= 0.6 is 0 Å². The molecule has 2 aromatic carbocycles. The smallest absolute Gasteiger partial charge is 0.265 e. The van der Waals surface area contributed by atoms with Crippen molar-refractivity contribution < 1.29 is 19.1 Å². The van der Waals surface area contributed by atoms with Gasteiger partial charge in [-0.25, -0.2) is 0 Å². The van der Waals surface area contributed by atoms with Crippen molar-refractivity contribution in [3.63, 3.8) is 0 Å². The van der Waals surface area contributed by atoms with Crippen molar-refractivity contribution in [2.75, 3.05) is 31.6 Å². The lowest BCUT2D eigenvalue weighted by Gasteiger charge is -2.27. The predicted octanol–water partition coefficient (Wildman–Crippen LogP) is 2.87. The van der Waals surface area contributed by atoms with Gasteiger partial charge in [-0.05, 0) is 44.2 Å². The second kappa shape index (κ2) is 8.68. The summed E-state index contributed by atoms with van der Waals surface area (Å²) >= 11 is 0. The maximum Gasteiger partial charge on any atom is 0.265 e. The Morgan fingerprint density at radius 1 is 1.11 bits per heavy atom. The lowest BCUT2D eigenvalue weighted by Crippen LogP contribution is -2.40. The van der Waals surface area contributed by atoms with Gasteiger partial charge in [0.05, 0.1) is 13.2 Å². The molecule has 27 heavy (non-hydrogen) atoms. The zero-order chi connectivity index (χ0) is 19.2. The number of carbonyl (C=O) groups is 2. The molecule has 1 N–H and O–H groups in total. The van der Waals surface area contributed by atoms with Crippen molar-refractivity contribution in [1.82, 2.24) is 4.90 Å². The molecule has 0 saturated carbocycles. The highest BCUT2D eigenvalue weighted by Gasteiger charge is 2.20. The summed E-state index contributed by atoms with van der Waals surface area (Å²) in [6.07, 6.45) is -0.661. The molecule has 2 aromatic rings. The average molecular weight is 368 g/mol. The van der Waals surface area contributed by atoms with E-state index in [9.17, 15) is 9.59 Å². The minimum Gasteiger partial charge on any atom is -0.481 e. The number of rotatable bonds is 5. The minimum atomic E-state index is -0.661. The second-order valence-electron chi connectivity index (χ2n) is 6.55. The predicted molar refractivity (Wildman–Crippen MR) is 103 cm³/mol. The third kappa shape index (κ3) is 5.08. The highest BCUT2D eigenvalue weighted by atomic mass is 16.5. The van der Waals surface area contributed by atoms with Crippen LogP contribution in [0.15, 0.2) is 48.5 Å². The number of amides is 2. The summed E-state index contributed by atoms with van der Waals surface area (Å²) in [6, 6.07) is 14.5. The fourth-order valence-corrected chi connectivity index (χ4v) is 2.80. The summed E-state index contributed by atoms with van der Waals surface area (Å²) in [7, 11) is 0. The van der Waals surface area contributed by atoms with Gasteiger partial charge >= 0.3 is 0 Å². The average Bonchev–Trinajstić information content (AvgIpc) is 2.70. The highest BCUT2D eigenvalue weighted by Crippen LogP contribution is 2.16. The molecule has 2 amide bonds. The van der Waals surface area contributed by atoms with E-state index in [1.54, 1.807) is 36.1 Å². The highest BCUT2D eigenvalue weighted by molar-refractivity contribution is 5.98. The van der Waals surface area contributed by atoms with Crippen LogP contribution in [-0.2, 0) is 9.53 Å². The molecule has 0 aromatic heterocycles. The van der Waals surface area contributed by atoms with Gasteiger partial charge in [-0.15, -0.1) is 0 Å². The Bertz CT molecular complexity index is 798. The number of hydrogen-bond donors (Lipinski definition) is 1. The fraction of sp³-hybridized carbons (Fsp3) is 0.333. The van der Waals surface area contributed by atoms with E-state index in [-0.39, 0.29) is 11.8 Å². The first kappa shape index (κ1) is 18.9. The molecule has 0 spiro atoms. The number of nitrogens with one attached hydrogen (secondary N) is 1. The van der Waals surface area contributed by atoms with E-state index in [4.69, 9.17) is 9.47 Å². The Morgan fingerprint density at radius 3 is 2.52 bits per heavy atom. The molecule has 1 saturated heterocycles. The lowest BCUT2D eigenvalue weighted by atomic mass is 10.1. The van der Waals surface area contributed by atoms with E-state index in [1.807, 2.05) is 31.2 Å². The number of nitrogens with zero attached hydrogens (tertiary/aromatic N) is 1. The summed E-state index contributed by atoms with van der Waals surface area (Å²) in [6.45, 7) is 5.95. The minimum absolute atomic E-state index is 0.0571. The van der Waals surface area contributed by atoms with E-state index < -0.39 is 6.10 Å². The van der Waals surface area contributed by atoms with Crippen LogP contribution < -0.4 is 10.1 Å². The van der Waals surface area contributed by atoms with Crippen LogP contribution in [0.2, 0.25) is 0 Å². The third-order valence-corrected chi connectivity index (χ3v) is 4.38. The molecule has 142 valence electrons. The Hall–Kier alpha value is -2.86. The number of aryl methyl sites for hydroxylation is 1. The fourth-order valence-electron chi connectivity index (χ4n) is 2.80. The van der Waals surface area contributed by atoms with Crippen molar-refractivity contribution in [1.29, 1.82) is 0 Å². The van der Waals surface area contributed by atoms with E-state index >= 15 is 0 Å². The van der Waals surface area contributed by atoms with Gasteiger partial charge in [-0.2, -0.15) is 0 Å². The lowest BCUT2D eigenvalue weighted by molar-refractivity contribution is -0.122. The summed E-state index contributed by atoms with van der Waals surface area (Å²) in [5.74, 6) is 0.310. The van der Waals surface area contributed by atoms with Crippen molar-refractivity contribution >= 4 is 17.5 Å². The van der Waals surface area contributed by atoms with Crippen LogP contribution in [-0.4, -0.2) is 49.1 Å². The maximum absolute atomic E-state index is 12.6. The van der Waals surface area contributed by atoms with Crippen LogP contribution in [0.5, 0.6) is 5.75 Å². The molecular formula is C21H24N2O4. The van der Waals surface area contributed by atoms with Crippen LogP contribution in [0.3, 0.4) is 0 Å². The molecule has 1 unspecified atom stereocenters. The Labute approximate surface area is 159 Å².